The Balaban J connectivity index is 2.34. The van der Waals surface area contributed by atoms with E-state index in [1.54, 1.807) is 12.1 Å². The minimum atomic E-state index is -0.236. The number of ether oxygens (including phenoxy) is 1. The third kappa shape index (κ3) is 6.01. The lowest BCUT2D eigenvalue weighted by molar-refractivity contribution is 0.175. The summed E-state index contributed by atoms with van der Waals surface area (Å²) in [7, 11) is 0. The highest BCUT2D eigenvalue weighted by molar-refractivity contribution is 5.22. The summed E-state index contributed by atoms with van der Waals surface area (Å²) in [5.41, 5.74) is 0.0588. The van der Waals surface area contributed by atoms with Crippen molar-refractivity contribution >= 4 is 0 Å². The fraction of sp³-hybridized carbons (Fsp3) is 0.600. The van der Waals surface area contributed by atoms with E-state index in [1.807, 2.05) is 0 Å². The minimum Gasteiger partial charge on any atom is -0.493 e. The van der Waals surface area contributed by atoms with Crippen LogP contribution < -0.4 is 10.1 Å². The molecule has 0 saturated heterocycles. The van der Waals surface area contributed by atoms with E-state index in [2.05, 4.69) is 33.0 Å². The van der Waals surface area contributed by atoms with Crippen LogP contribution in [0.2, 0.25) is 0 Å². The Kier molecular flexibility index (Phi) is 5.60. The summed E-state index contributed by atoms with van der Waals surface area (Å²) in [5.74, 6) is 1.13. The van der Waals surface area contributed by atoms with Crippen LogP contribution in [-0.4, -0.2) is 19.7 Å². The molecule has 0 aliphatic carbocycles. The Morgan fingerprint density at radius 3 is 2.39 bits per heavy atom. The van der Waals surface area contributed by atoms with E-state index < -0.39 is 0 Å². The molecule has 18 heavy (non-hydrogen) atoms. The Labute approximate surface area is 110 Å². The van der Waals surface area contributed by atoms with E-state index in [9.17, 15) is 4.39 Å². The van der Waals surface area contributed by atoms with Crippen molar-refractivity contribution in [2.45, 2.75) is 27.7 Å². The van der Waals surface area contributed by atoms with Gasteiger partial charge in [-0.15, -0.1) is 0 Å². The van der Waals surface area contributed by atoms with Crippen LogP contribution in [0.1, 0.15) is 27.7 Å². The van der Waals surface area contributed by atoms with Crippen LogP contribution >= 0.6 is 0 Å². The van der Waals surface area contributed by atoms with Gasteiger partial charge in [0.2, 0.25) is 0 Å². The highest BCUT2D eigenvalue weighted by Crippen LogP contribution is 2.18. The Morgan fingerprint density at radius 1 is 1.22 bits per heavy atom. The summed E-state index contributed by atoms with van der Waals surface area (Å²) in [6.07, 6.45) is 0. The second-order valence-corrected chi connectivity index (χ2v) is 5.93. The molecule has 1 rings (SSSR count). The van der Waals surface area contributed by atoms with Crippen LogP contribution in [0.25, 0.3) is 0 Å². The van der Waals surface area contributed by atoms with Crippen molar-refractivity contribution in [3.05, 3.63) is 30.1 Å². The molecule has 102 valence electrons. The van der Waals surface area contributed by atoms with Crippen LogP contribution in [-0.2, 0) is 0 Å². The molecule has 0 atom stereocenters. The molecule has 0 unspecified atom stereocenters. The lowest BCUT2D eigenvalue weighted by Crippen LogP contribution is -2.35. The molecule has 0 spiro atoms. The summed E-state index contributed by atoms with van der Waals surface area (Å²) in [6, 6.07) is 6.15. The quantitative estimate of drug-likeness (QED) is 0.803. The van der Waals surface area contributed by atoms with E-state index in [0.717, 1.165) is 13.1 Å². The van der Waals surface area contributed by atoms with Gasteiger partial charge < -0.3 is 10.1 Å². The normalized spacial score (nSPS) is 11.9. The molecule has 0 aromatic heterocycles. The topological polar surface area (TPSA) is 21.3 Å². The third-order valence-corrected chi connectivity index (χ3v) is 2.60. The summed E-state index contributed by atoms with van der Waals surface area (Å²) in [5, 5.41) is 3.43. The van der Waals surface area contributed by atoms with E-state index in [1.165, 1.54) is 12.1 Å². The van der Waals surface area contributed by atoms with Crippen LogP contribution in [0.5, 0.6) is 5.75 Å². The van der Waals surface area contributed by atoms with Crippen molar-refractivity contribution in [3.63, 3.8) is 0 Å². The molecule has 0 radical (unpaired) electrons. The minimum absolute atomic E-state index is 0.0588. The number of halogens is 1. The number of benzene rings is 1. The van der Waals surface area contributed by atoms with Gasteiger partial charge in [0.25, 0.3) is 0 Å². The maximum atomic E-state index is 12.7. The summed E-state index contributed by atoms with van der Waals surface area (Å²) in [6.45, 7) is 11.2. The van der Waals surface area contributed by atoms with Crippen molar-refractivity contribution in [2.24, 2.45) is 11.3 Å². The fourth-order valence-electron chi connectivity index (χ4n) is 1.56. The van der Waals surface area contributed by atoms with Crippen molar-refractivity contribution in [3.8, 4) is 5.75 Å². The van der Waals surface area contributed by atoms with Crippen LogP contribution in [0, 0.1) is 17.2 Å². The lowest BCUT2D eigenvalue weighted by atomic mass is 9.94. The predicted molar refractivity (Wildman–Crippen MR) is 73.4 cm³/mol. The van der Waals surface area contributed by atoms with Gasteiger partial charge >= 0.3 is 0 Å². The molecule has 3 heteroatoms. The molecular formula is C15H24FNO. The van der Waals surface area contributed by atoms with Crippen molar-refractivity contribution in [1.82, 2.24) is 5.32 Å². The highest BCUT2D eigenvalue weighted by atomic mass is 19.1. The van der Waals surface area contributed by atoms with Gasteiger partial charge in [0.05, 0.1) is 6.61 Å². The zero-order valence-electron chi connectivity index (χ0n) is 11.8. The maximum absolute atomic E-state index is 12.7. The van der Waals surface area contributed by atoms with Crippen LogP contribution in [0.3, 0.4) is 0 Å². The maximum Gasteiger partial charge on any atom is 0.123 e. The zero-order chi connectivity index (χ0) is 13.6. The first-order valence-electron chi connectivity index (χ1n) is 6.48. The van der Waals surface area contributed by atoms with Gasteiger partial charge in [-0.1, -0.05) is 27.7 Å². The number of hydrogen-bond acceptors (Lipinski definition) is 2. The molecule has 0 heterocycles. The second-order valence-electron chi connectivity index (χ2n) is 5.93. The number of nitrogens with one attached hydrogen (secondary N) is 1. The van der Waals surface area contributed by atoms with E-state index >= 15 is 0 Å². The Morgan fingerprint density at radius 2 is 1.83 bits per heavy atom. The average Bonchev–Trinajstić information content (AvgIpc) is 2.27. The molecule has 0 saturated carbocycles. The van der Waals surface area contributed by atoms with Gasteiger partial charge in [-0.3, -0.25) is 0 Å². The molecule has 0 bridgehead atoms. The first-order valence-corrected chi connectivity index (χ1v) is 6.48. The highest BCUT2D eigenvalue weighted by Gasteiger charge is 2.18. The van der Waals surface area contributed by atoms with Crippen molar-refractivity contribution in [1.29, 1.82) is 0 Å². The summed E-state index contributed by atoms with van der Waals surface area (Å²) in [4.78, 5) is 0. The van der Waals surface area contributed by atoms with Gasteiger partial charge in [-0.05, 0) is 36.7 Å². The Hall–Kier alpha value is -1.09. The molecule has 1 aromatic rings. The molecule has 2 nitrogen and oxygen atoms in total. The first-order chi connectivity index (χ1) is 8.39. The molecule has 1 N–H and O–H groups in total. The SMILES string of the molecule is CC(C)CNCC(C)(C)COc1ccc(F)cc1. The number of hydrogen-bond donors (Lipinski definition) is 1. The van der Waals surface area contributed by atoms with Crippen molar-refractivity contribution in [2.75, 3.05) is 19.7 Å². The van der Waals surface area contributed by atoms with Crippen LogP contribution in [0.15, 0.2) is 24.3 Å². The zero-order valence-corrected chi connectivity index (χ0v) is 11.8. The lowest BCUT2D eigenvalue weighted by Gasteiger charge is -2.25. The molecule has 0 aliphatic heterocycles. The standard InChI is InChI=1S/C15H24FNO/c1-12(2)9-17-10-15(3,4)11-18-14-7-5-13(16)6-8-14/h5-8,12,17H,9-11H2,1-4H3. The summed E-state index contributed by atoms with van der Waals surface area (Å²) < 4.78 is 18.4. The van der Waals surface area contributed by atoms with Gasteiger partial charge in [-0.2, -0.15) is 0 Å². The van der Waals surface area contributed by atoms with E-state index in [0.29, 0.717) is 18.3 Å². The molecule has 1 aromatic carbocycles. The largest absolute Gasteiger partial charge is 0.493 e. The number of rotatable bonds is 7. The second kappa shape index (κ2) is 6.74. The molecule has 0 amide bonds. The average molecular weight is 253 g/mol. The molecule has 0 fully saturated rings. The molecule has 0 aliphatic rings. The third-order valence-electron chi connectivity index (χ3n) is 2.60. The Bertz CT molecular complexity index is 346. The van der Waals surface area contributed by atoms with E-state index in [4.69, 9.17) is 4.74 Å². The first kappa shape index (κ1) is 15.0. The van der Waals surface area contributed by atoms with Gasteiger partial charge in [0.1, 0.15) is 11.6 Å². The predicted octanol–water partition coefficient (Wildman–Crippen LogP) is 3.48. The molecular weight excluding hydrogens is 229 g/mol. The van der Waals surface area contributed by atoms with Gasteiger partial charge in [0.15, 0.2) is 0 Å². The fourth-order valence-corrected chi connectivity index (χ4v) is 1.56. The smallest absolute Gasteiger partial charge is 0.123 e. The van der Waals surface area contributed by atoms with Gasteiger partial charge in [-0.25, -0.2) is 4.39 Å². The monoisotopic (exact) mass is 253 g/mol. The summed E-state index contributed by atoms with van der Waals surface area (Å²) >= 11 is 0. The van der Waals surface area contributed by atoms with Crippen molar-refractivity contribution < 1.29 is 9.13 Å². The van der Waals surface area contributed by atoms with Crippen LogP contribution in [0.4, 0.5) is 4.39 Å². The van der Waals surface area contributed by atoms with Gasteiger partial charge in [0, 0.05) is 12.0 Å². The van der Waals surface area contributed by atoms with E-state index in [-0.39, 0.29) is 11.2 Å².